The first-order valence-electron chi connectivity index (χ1n) is 9.38. The lowest BCUT2D eigenvalue weighted by Gasteiger charge is -2.13. The lowest BCUT2D eigenvalue weighted by atomic mass is 10.0. The van der Waals surface area contributed by atoms with Crippen LogP contribution in [0.3, 0.4) is 0 Å². The van der Waals surface area contributed by atoms with Crippen molar-refractivity contribution in [3.63, 3.8) is 0 Å². The summed E-state index contributed by atoms with van der Waals surface area (Å²) in [7, 11) is 0. The molecular weight excluding hydrogens is 464 g/mol. The van der Waals surface area contributed by atoms with Gasteiger partial charge in [-0.1, -0.05) is 58.4 Å². The highest BCUT2D eigenvalue weighted by atomic mass is 79.9. The van der Waals surface area contributed by atoms with Crippen molar-refractivity contribution in [3.05, 3.63) is 82.0 Å². The van der Waals surface area contributed by atoms with E-state index in [0.29, 0.717) is 22.8 Å². The maximum atomic E-state index is 12.6. The Morgan fingerprint density at radius 2 is 1.81 bits per heavy atom. The van der Waals surface area contributed by atoms with Gasteiger partial charge in [0.2, 0.25) is 0 Å². The van der Waals surface area contributed by atoms with Crippen LogP contribution in [0.15, 0.2) is 70.8 Å². The zero-order valence-corrected chi connectivity index (χ0v) is 17.8. The molecule has 3 aromatic rings. The van der Waals surface area contributed by atoms with Crippen LogP contribution in [0.4, 0.5) is 4.79 Å². The summed E-state index contributed by atoms with van der Waals surface area (Å²) in [5.41, 5.74) is 1.58. The molecule has 156 valence electrons. The average molecular weight is 481 g/mol. The SMILES string of the molecule is O=C(O)CN1C(=O)N/C(=C/c2c(OCc3ccc(Br)cc3)ccc3ccccc23)C1=O. The lowest BCUT2D eigenvalue weighted by molar-refractivity contribution is -0.140. The molecule has 0 spiro atoms. The molecule has 1 aliphatic rings. The Balaban J connectivity index is 1.71. The number of carboxylic acids is 1. The Bertz CT molecular complexity index is 1220. The molecule has 3 aromatic carbocycles. The fourth-order valence-electron chi connectivity index (χ4n) is 3.29. The van der Waals surface area contributed by atoms with E-state index in [4.69, 9.17) is 9.84 Å². The van der Waals surface area contributed by atoms with Crippen molar-refractivity contribution in [1.29, 1.82) is 0 Å². The Morgan fingerprint density at radius 1 is 1.06 bits per heavy atom. The first kappa shape index (κ1) is 20.6. The molecule has 0 bridgehead atoms. The van der Waals surface area contributed by atoms with Crippen LogP contribution >= 0.6 is 15.9 Å². The Morgan fingerprint density at radius 3 is 2.55 bits per heavy atom. The van der Waals surface area contributed by atoms with E-state index in [9.17, 15) is 14.4 Å². The number of imide groups is 1. The number of urea groups is 1. The number of aliphatic carboxylic acids is 1. The summed E-state index contributed by atoms with van der Waals surface area (Å²) in [4.78, 5) is 36.3. The lowest BCUT2D eigenvalue weighted by Crippen LogP contribution is -2.35. The molecule has 1 heterocycles. The summed E-state index contributed by atoms with van der Waals surface area (Å²) in [6, 6.07) is 18.3. The molecule has 31 heavy (non-hydrogen) atoms. The number of fused-ring (bicyclic) bond motifs is 1. The van der Waals surface area contributed by atoms with Crippen molar-refractivity contribution in [2.45, 2.75) is 6.61 Å². The number of carbonyl (C=O) groups is 3. The van der Waals surface area contributed by atoms with Crippen molar-refractivity contribution < 1.29 is 24.2 Å². The van der Waals surface area contributed by atoms with Crippen molar-refractivity contribution in [3.8, 4) is 5.75 Å². The summed E-state index contributed by atoms with van der Waals surface area (Å²) in [6.07, 6.45) is 1.53. The fraction of sp³-hybridized carbons (Fsp3) is 0.0870. The topological polar surface area (TPSA) is 95.9 Å². The van der Waals surface area contributed by atoms with Crippen LogP contribution < -0.4 is 10.1 Å². The minimum Gasteiger partial charge on any atom is -0.488 e. The van der Waals surface area contributed by atoms with E-state index in [1.165, 1.54) is 6.08 Å². The third kappa shape index (κ3) is 4.44. The van der Waals surface area contributed by atoms with Crippen molar-refractivity contribution in [2.24, 2.45) is 0 Å². The van der Waals surface area contributed by atoms with Crippen molar-refractivity contribution in [2.75, 3.05) is 6.54 Å². The molecule has 0 radical (unpaired) electrons. The third-order valence-electron chi connectivity index (χ3n) is 4.78. The summed E-state index contributed by atoms with van der Waals surface area (Å²) < 4.78 is 7.01. The van der Waals surface area contributed by atoms with Gasteiger partial charge in [0, 0.05) is 10.0 Å². The summed E-state index contributed by atoms with van der Waals surface area (Å²) >= 11 is 3.40. The maximum absolute atomic E-state index is 12.6. The zero-order valence-electron chi connectivity index (χ0n) is 16.2. The third-order valence-corrected chi connectivity index (χ3v) is 5.31. The van der Waals surface area contributed by atoms with E-state index in [2.05, 4.69) is 21.2 Å². The van der Waals surface area contributed by atoms with Gasteiger partial charge in [-0.05, 0) is 40.6 Å². The van der Waals surface area contributed by atoms with Crippen LogP contribution in [0.2, 0.25) is 0 Å². The molecule has 1 aliphatic heterocycles. The number of rotatable bonds is 6. The second-order valence-corrected chi connectivity index (χ2v) is 7.80. The number of nitrogens with zero attached hydrogens (tertiary/aromatic N) is 1. The molecule has 1 saturated heterocycles. The number of hydrogen-bond acceptors (Lipinski definition) is 4. The fourth-order valence-corrected chi connectivity index (χ4v) is 3.55. The van der Waals surface area contributed by atoms with Gasteiger partial charge in [0.1, 0.15) is 24.6 Å². The minimum atomic E-state index is -1.27. The second-order valence-electron chi connectivity index (χ2n) is 6.89. The van der Waals surface area contributed by atoms with E-state index >= 15 is 0 Å². The molecule has 8 heteroatoms. The van der Waals surface area contributed by atoms with Gasteiger partial charge < -0.3 is 15.2 Å². The van der Waals surface area contributed by atoms with Crippen molar-refractivity contribution >= 4 is 50.7 Å². The van der Waals surface area contributed by atoms with E-state index < -0.39 is 24.5 Å². The first-order valence-corrected chi connectivity index (χ1v) is 10.2. The van der Waals surface area contributed by atoms with E-state index in [-0.39, 0.29) is 5.70 Å². The number of carboxylic acid groups (broad SMARTS) is 1. The molecular formula is C23H17BrN2O5. The highest BCUT2D eigenvalue weighted by Crippen LogP contribution is 2.31. The first-order chi connectivity index (χ1) is 14.9. The highest BCUT2D eigenvalue weighted by molar-refractivity contribution is 9.10. The Hall–Kier alpha value is -3.65. The van der Waals surface area contributed by atoms with E-state index in [1.54, 1.807) is 0 Å². The van der Waals surface area contributed by atoms with Gasteiger partial charge in [-0.25, -0.2) is 9.69 Å². The van der Waals surface area contributed by atoms with Crippen LogP contribution in [0.25, 0.3) is 16.8 Å². The van der Waals surface area contributed by atoms with Crippen LogP contribution in [-0.4, -0.2) is 34.5 Å². The maximum Gasteiger partial charge on any atom is 0.329 e. The highest BCUT2D eigenvalue weighted by Gasteiger charge is 2.35. The van der Waals surface area contributed by atoms with Gasteiger partial charge in [-0.3, -0.25) is 9.59 Å². The quantitative estimate of drug-likeness (QED) is 0.407. The van der Waals surface area contributed by atoms with Crippen molar-refractivity contribution in [1.82, 2.24) is 10.2 Å². The molecule has 0 aromatic heterocycles. The van der Waals surface area contributed by atoms with E-state index in [0.717, 1.165) is 20.8 Å². The molecule has 0 unspecified atom stereocenters. The van der Waals surface area contributed by atoms with Crippen LogP contribution in [0.1, 0.15) is 11.1 Å². The number of hydrogen-bond donors (Lipinski definition) is 2. The standard InChI is InChI=1S/C23H17BrN2O5/c24-16-8-5-14(6-9-16)13-31-20-10-7-15-3-1-2-4-17(15)18(20)11-19-22(29)26(12-21(27)28)23(30)25-19/h1-11H,12-13H2,(H,25,30)(H,27,28)/b19-11+. The molecule has 0 aliphatic carbocycles. The minimum absolute atomic E-state index is 0.00362. The predicted molar refractivity (Wildman–Crippen MR) is 118 cm³/mol. The van der Waals surface area contributed by atoms with Crippen LogP contribution in [0.5, 0.6) is 5.75 Å². The van der Waals surface area contributed by atoms with Crippen LogP contribution in [0, 0.1) is 0 Å². The molecule has 4 rings (SSSR count). The second kappa shape index (κ2) is 8.61. The van der Waals surface area contributed by atoms with Crippen LogP contribution in [-0.2, 0) is 16.2 Å². The molecule has 0 atom stereocenters. The van der Waals surface area contributed by atoms with Gasteiger partial charge >= 0.3 is 12.0 Å². The summed E-state index contributed by atoms with van der Waals surface area (Å²) in [6.45, 7) is -0.391. The molecule has 3 amide bonds. The number of benzene rings is 3. The number of halogens is 1. The normalized spacial score (nSPS) is 14.9. The molecule has 2 N–H and O–H groups in total. The van der Waals surface area contributed by atoms with Gasteiger partial charge in [-0.2, -0.15) is 0 Å². The summed E-state index contributed by atoms with van der Waals surface area (Å²) in [5.74, 6) is -1.43. The number of amides is 3. The van der Waals surface area contributed by atoms with E-state index in [1.807, 2.05) is 60.7 Å². The number of ether oxygens (including phenoxy) is 1. The molecule has 7 nitrogen and oxygen atoms in total. The predicted octanol–water partition coefficient (Wildman–Crippen LogP) is 4.16. The smallest absolute Gasteiger partial charge is 0.329 e. The Labute approximate surface area is 186 Å². The average Bonchev–Trinajstić information content (AvgIpc) is 3.01. The van der Waals surface area contributed by atoms with Gasteiger partial charge in [0.15, 0.2) is 0 Å². The zero-order chi connectivity index (χ0) is 22.0. The monoisotopic (exact) mass is 480 g/mol. The Kier molecular flexibility index (Phi) is 5.73. The number of nitrogens with one attached hydrogen (secondary N) is 1. The summed E-state index contributed by atoms with van der Waals surface area (Å²) in [5, 5.41) is 13.2. The molecule has 0 saturated carbocycles. The van der Waals surface area contributed by atoms with Gasteiger partial charge in [-0.15, -0.1) is 0 Å². The van der Waals surface area contributed by atoms with Gasteiger partial charge in [0.05, 0.1) is 0 Å². The number of carbonyl (C=O) groups excluding carboxylic acids is 2. The molecule has 1 fully saturated rings. The van der Waals surface area contributed by atoms with Gasteiger partial charge in [0.25, 0.3) is 5.91 Å². The largest absolute Gasteiger partial charge is 0.488 e.